The van der Waals surface area contributed by atoms with Crippen molar-refractivity contribution < 1.29 is 93.9 Å². The number of fused-ring (bicyclic) bond motifs is 2. The van der Waals surface area contributed by atoms with Crippen LogP contribution in [0.4, 0.5) is 58.4 Å². The van der Waals surface area contributed by atoms with Crippen molar-refractivity contribution in [1.29, 1.82) is 0 Å². The Kier molecular flexibility index (Phi) is 33.4. The molecule has 0 radical (unpaired) electrons. The van der Waals surface area contributed by atoms with E-state index >= 15 is 0 Å². The number of nitrogens with zero attached hydrogens (tertiary/aromatic N) is 12. The quantitative estimate of drug-likeness (QED) is 0.0250. The van der Waals surface area contributed by atoms with Gasteiger partial charge in [0.05, 0.1) is 70.1 Å². The summed E-state index contributed by atoms with van der Waals surface area (Å²) in [5.41, 5.74) is 3.18. The molecule has 8 aromatic heterocycles. The van der Waals surface area contributed by atoms with Gasteiger partial charge in [-0.05, 0) is 242 Å². The second-order valence-corrected chi connectivity index (χ2v) is 45.7. The van der Waals surface area contributed by atoms with Crippen LogP contribution in [0.15, 0.2) is 49.1 Å². The number of hydrogen-bond acceptors (Lipinski definition) is 28. The van der Waals surface area contributed by atoms with Crippen molar-refractivity contribution in [1.82, 2.24) is 80.7 Å². The van der Waals surface area contributed by atoms with Crippen LogP contribution in [0.5, 0.6) is 0 Å². The van der Waals surface area contributed by atoms with Gasteiger partial charge in [0.2, 0.25) is 0 Å². The Balaban J connectivity index is 0.000000159. The third kappa shape index (κ3) is 26.5. The lowest BCUT2D eigenvalue weighted by atomic mass is 9.89. The molecule has 5 aliphatic heterocycles. The Labute approximate surface area is 835 Å². The second kappa shape index (κ2) is 43.7. The fraction of sp³-hybridized carbons (Fsp3) is 0.592. The average Bonchev–Trinajstić information content (AvgIpc) is 1.60. The molecular weight excluding hydrogens is 1930 g/mol. The average molecular weight is 2060 g/mol. The molecule has 13 heterocycles. The number of aliphatic hydroxyl groups is 4. The monoisotopic (exact) mass is 2060 g/mol. The number of nitrogens with one attached hydrogen (secondary N) is 8. The first-order valence-electron chi connectivity index (χ1n) is 48.0. The number of thiazole rings is 4. The molecule has 3 saturated carbocycles. The molecule has 0 unspecified atom stereocenters. The Bertz CT molecular complexity index is 5960. The molecule has 0 spiro atoms. The van der Waals surface area contributed by atoms with Crippen molar-refractivity contribution in [2.24, 2.45) is 0 Å². The number of alkyl halides is 8. The zero-order chi connectivity index (χ0) is 104. The van der Waals surface area contributed by atoms with E-state index in [4.69, 9.17) is 0 Å². The third-order valence-corrected chi connectivity index (χ3v) is 30.1. The summed E-state index contributed by atoms with van der Waals surface area (Å²) >= 11 is 4.00. The molecule has 142 heavy (non-hydrogen) atoms. The fourth-order valence-corrected chi connectivity index (χ4v) is 22.7. The van der Waals surface area contributed by atoms with E-state index in [1.165, 1.54) is 30.5 Å². The zero-order valence-electron chi connectivity index (χ0n) is 82.9. The smallest absolute Gasteiger partial charge is 0.280 e. The number of pyridine rings is 4. The van der Waals surface area contributed by atoms with Gasteiger partial charge in [-0.1, -0.05) is 6.92 Å². The Hall–Kier alpha value is -10.6. The van der Waals surface area contributed by atoms with Crippen LogP contribution in [-0.4, -0.2) is 267 Å². The highest BCUT2D eigenvalue weighted by Crippen LogP contribution is 2.47. The first-order chi connectivity index (χ1) is 66.4. The SMILES string of the molecule is CC[C@@H](C)Nc1cc(C)c(-c2sc(C(=O)N[C@@H]3CCC[C@H]3O)nc2C(=O)N2CC(F)(F)C[C@@H]2C)cn1.C[C@H]1CC(F)(F)CN1C(=O)c1nc(C(=O)NC2CC(O)C2)sc1-c1cnc(NC(C)(C)C)cc1C(F)F.Cc1cc(NC(C)(C)C)ncc1-c1sc(C(=O)N[C@@H]2CC[C@@H](O)C2)nc1C(=O)N1C2CCC1CC2.Cc1cc(NC(C)(C)C)ncc1-c1sc(C(=O)N[C@H](C)CO)nc1C(=O)N1CC(F)(F)C[C@@H]1C. The van der Waals surface area contributed by atoms with Gasteiger partial charge in [-0.2, -0.15) is 0 Å². The van der Waals surface area contributed by atoms with Crippen LogP contribution in [0.25, 0.3) is 41.8 Å². The van der Waals surface area contributed by atoms with Gasteiger partial charge in [-0.25, -0.2) is 75.0 Å². The third-order valence-electron chi connectivity index (χ3n) is 25.8. The number of carbonyl (C=O) groups is 8. The van der Waals surface area contributed by atoms with E-state index in [2.05, 4.69) is 110 Å². The molecule has 9 atom stereocenters. The van der Waals surface area contributed by atoms with Gasteiger partial charge in [0, 0.05) is 143 Å². The van der Waals surface area contributed by atoms with Crippen LogP contribution >= 0.6 is 45.3 Å². The van der Waals surface area contributed by atoms with E-state index in [1.807, 2.05) is 92.3 Å². The van der Waals surface area contributed by atoms with Crippen molar-refractivity contribution in [2.75, 3.05) is 47.5 Å². The first kappa shape index (κ1) is 109. The Morgan fingerprint density at radius 3 is 1.14 bits per heavy atom. The maximum atomic E-state index is 14.2. The maximum absolute atomic E-state index is 14.2. The minimum Gasteiger partial charge on any atom is -0.394 e. The molecule has 0 aromatic carbocycles. The maximum Gasteiger partial charge on any atom is 0.280 e. The Morgan fingerprint density at radius 2 is 0.803 bits per heavy atom. The molecule has 16 rings (SSSR count). The second-order valence-electron chi connectivity index (χ2n) is 41.7. The predicted octanol–water partition coefficient (Wildman–Crippen LogP) is 16.6. The van der Waals surface area contributed by atoms with Crippen molar-refractivity contribution in [2.45, 2.75) is 347 Å². The summed E-state index contributed by atoms with van der Waals surface area (Å²) in [6.07, 6.45) is 10.2. The molecule has 3 aliphatic carbocycles. The minimum absolute atomic E-state index is 0.00792. The lowest BCUT2D eigenvalue weighted by Gasteiger charge is -2.31. The number of likely N-dealkylation sites (tertiary alicyclic amines) is 3. The number of carbonyl (C=O) groups excluding carboxylic acids is 8. The summed E-state index contributed by atoms with van der Waals surface area (Å²) < 4.78 is 113. The standard InChI is InChI=1S/C26H35N5O3S.C25H33F2N5O3S.C24H29F4N5O3S.C23H31F2N5O3S/c1-14-11-20(30-26(2,3)4)27-13-19(14)22-21(25(34)31-16-6-7-17(31)9-8-16)29-24(35-22)23(33)28-15-5-10-18(32)12-15;1-5-14(3)29-19-9-13(2)16(11-28-19)21-20(24(35)32-12-25(26,27)10-15(32)4)31-23(36-21)22(34)30-17-7-6-8-18(17)33;1-11-8-24(27,28)10-33(11)22(36)17-18(37-21(31-17)20(35)30-12-5-13(34)6-12)15-9-29-16(32-23(2,3)4)7-14(15)19(25)26;1-12-7-16(29-22(4,5)6)26-9-15(12)18-17(21(33)30-11-23(24,25)8-14(30)3)28-20(34-18)19(32)27-13(2)10-31/h11,13,15-18,32H,5-10,12H2,1-4H3,(H,27,30)(H,28,33);9,11,14-15,17-18,33H,5-8,10,12H2,1-4H3,(H,28,29)(H,30,34);7,9,11-13,19,34H,5-6,8,10H2,1-4H3,(H,29,32)(H,30,35);7,9,13-14,31H,8,10-11H2,1-6H3,(H,26,29)(H,27,32)/t15-,16?,17?,18-;14-,15+,17-,18-;11-,12?,13?;13-,14+/m1101/s1. The number of aliphatic hydroxyl groups excluding tert-OH is 4. The zero-order valence-corrected chi connectivity index (χ0v) is 86.2. The molecule has 772 valence electrons. The van der Waals surface area contributed by atoms with Crippen LogP contribution in [0.1, 0.15) is 316 Å². The summed E-state index contributed by atoms with van der Waals surface area (Å²) in [6, 6.07) is 4.24. The number of hydrogen-bond donors (Lipinski definition) is 12. The van der Waals surface area contributed by atoms with Gasteiger partial charge in [0.1, 0.15) is 46.0 Å². The predicted molar refractivity (Wildman–Crippen MR) is 529 cm³/mol. The lowest BCUT2D eigenvalue weighted by molar-refractivity contribution is 0.0115. The first-order valence-corrected chi connectivity index (χ1v) is 51.3. The fourth-order valence-electron chi connectivity index (χ4n) is 18.6. The highest BCUT2D eigenvalue weighted by atomic mass is 32.1. The highest BCUT2D eigenvalue weighted by Gasteiger charge is 2.51. The molecule has 8 fully saturated rings. The number of amides is 8. The summed E-state index contributed by atoms with van der Waals surface area (Å²) in [5, 5.41) is 62.9. The number of rotatable bonds is 24. The molecule has 44 heteroatoms. The van der Waals surface area contributed by atoms with Gasteiger partial charge >= 0.3 is 0 Å². The van der Waals surface area contributed by atoms with E-state index in [1.54, 1.807) is 39.4 Å². The molecule has 2 bridgehead atoms. The Morgan fingerprint density at radius 1 is 0.451 bits per heavy atom. The molecule has 8 aliphatic rings. The van der Waals surface area contributed by atoms with Gasteiger partial charge in [-0.3, -0.25) is 38.4 Å². The van der Waals surface area contributed by atoms with Gasteiger partial charge in [0.15, 0.2) is 20.0 Å². The van der Waals surface area contributed by atoms with Gasteiger partial charge < -0.3 is 82.6 Å². The van der Waals surface area contributed by atoms with Crippen LogP contribution in [0, 0.1) is 20.8 Å². The number of aryl methyl sites for hydroxylation is 3. The van der Waals surface area contributed by atoms with Crippen LogP contribution in [-0.2, 0) is 0 Å². The molecule has 8 amide bonds. The summed E-state index contributed by atoms with van der Waals surface area (Å²) in [7, 11) is 0. The van der Waals surface area contributed by atoms with E-state index in [-0.39, 0.29) is 125 Å². The molecule has 32 nitrogen and oxygen atoms in total. The van der Waals surface area contributed by atoms with Crippen LogP contribution < -0.4 is 42.5 Å². The summed E-state index contributed by atoms with van der Waals surface area (Å²) in [6.45, 7) is 31.4. The van der Waals surface area contributed by atoms with Crippen molar-refractivity contribution >= 4 is 116 Å². The molecule has 5 saturated heterocycles. The van der Waals surface area contributed by atoms with Crippen LogP contribution in [0.3, 0.4) is 0 Å². The number of anilines is 4. The van der Waals surface area contributed by atoms with E-state index < -0.39 is 146 Å². The molecule has 8 aromatic rings. The van der Waals surface area contributed by atoms with Crippen molar-refractivity contribution in [3.05, 3.63) is 114 Å². The van der Waals surface area contributed by atoms with Crippen LogP contribution in [0.2, 0.25) is 0 Å². The topological polar surface area (TPSA) is 430 Å². The van der Waals surface area contributed by atoms with Gasteiger partial charge in [-0.15, -0.1) is 45.3 Å². The molecular formula is C98H128F8N20O12S4. The summed E-state index contributed by atoms with van der Waals surface area (Å²) in [5.74, 6) is -10.9. The van der Waals surface area contributed by atoms with Crippen molar-refractivity contribution in [3.63, 3.8) is 0 Å². The molecule has 12 N–H and O–H groups in total. The lowest BCUT2D eigenvalue weighted by Crippen LogP contribution is -2.46. The van der Waals surface area contributed by atoms with E-state index in [0.29, 0.717) is 81.6 Å². The number of halogens is 8. The number of aromatic nitrogens is 8. The van der Waals surface area contributed by atoms with E-state index in [9.17, 15) is 93.9 Å². The highest BCUT2D eigenvalue weighted by molar-refractivity contribution is 7.18. The van der Waals surface area contributed by atoms with Gasteiger partial charge in [0.25, 0.3) is 71.5 Å². The minimum atomic E-state index is -3.09. The summed E-state index contributed by atoms with van der Waals surface area (Å²) in [4.78, 5) is 147. The largest absolute Gasteiger partial charge is 0.394 e. The normalized spacial score (nSPS) is 23.0. The van der Waals surface area contributed by atoms with Crippen molar-refractivity contribution in [3.8, 4) is 41.8 Å². The van der Waals surface area contributed by atoms with E-state index in [0.717, 1.165) is 122 Å².